The van der Waals surface area contributed by atoms with Gasteiger partial charge in [0.1, 0.15) is 34.8 Å². The lowest BCUT2D eigenvalue weighted by Crippen LogP contribution is -2.51. The number of halogens is 3. The molecule has 4 saturated heterocycles. The molecule has 6 heterocycles. The second-order valence-electron chi connectivity index (χ2n) is 12.3. The van der Waals surface area contributed by atoms with E-state index in [-0.39, 0.29) is 48.3 Å². The molecule has 2 aromatic carbocycles. The van der Waals surface area contributed by atoms with E-state index >= 15 is 4.39 Å². The number of fused-ring (bicyclic) bond motifs is 5. The molecule has 4 aliphatic heterocycles. The Balaban J connectivity index is 1.30. The van der Waals surface area contributed by atoms with Crippen LogP contribution in [0.1, 0.15) is 44.1 Å². The first-order valence-corrected chi connectivity index (χ1v) is 16.0. The first kappa shape index (κ1) is 27.3. The second-order valence-corrected chi connectivity index (χ2v) is 13.7. The number of rotatable bonds is 5. The highest BCUT2D eigenvalue weighted by molar-refractivity contribution is 7.23. The highest BCUT2D eigenvalue weighted by Gasteiger charge is 2.45. The maximum Gasteiger partial charge on any atom is 0.319 e. The molecule has 8 nitrogen and oxygen atoms in total. The van der Waals surface area contributed by atoms with Gasteiger partial charge in [-0.1, -0.05) is 17.7 Å². The lowest BCUT2D eigenvalue weighted by atomic mass is 9.95. The third-order valence-corrected chi connectivity index (χ3v) is 11.2. The van der Waals surface area contributed by atoms with E-state index in [2.05, 4.69) is 26.2 Å². The smallest absolute Gasteiger partial charge is 0.319 e. The lowest BCUT2D eigenvalue weighted by molar-refractivity contribution is 0.108. The number of benzene rings is 2. The predicted molar refractivity (Wildman–Crippen MR) is 165 cm³/mol. The van der Waals surface area contributed by atoms with Crippen LogP contribution in [0.5, 0.6) is 6.01 Å². The average molecular weight is 622 g/mol. The van der Waals surface area contributed by atoms with Gasteiger partial charge in [-0.25, -0.2) is 8.78 Å². The Kier molecular flexibility index (Phi) is 6.42. The van der Waals surface area contributed by atoms with Crippen molar-refractivity contribution >= 4 is 54.7 Å². The van der Waals surface area contributed by atoms with E-state index < -0.39 is 11.6 Å². The number of thiophene rings is 1. The molecule has 4 aliphatic rings. The first-order chi connectivity index (χ1) is 20.8. The highest BCUT2D eigenvalue weighted by atomic mass is 35.5. The molecule has 0 aliphatic carbocycles. The van der Waals surface area contributed by atoms with Crippen molar-refractivity contribution in [2.24, 2.45) is 0 Å². The SMILES string of the molecule is N#Cc1c(N)sc2c(F)ccc(-c3c(Cl)cc4c(N5CC6CCC(C5)N6)nc(OCC56CCCN5CCC6)nc4c3F)c12. The number of hydrogen-bond acceptors (Lipinski definition) is 9. The second kappa shape index (κ2) is 10.1. The Morgan fingerprint density at radius 1 is 1.16 bits per heavy atom. The fourth-order valence-electron chi connectivity index (χ4n) is 7.85. The Labute approximate surface area is 256 Å². The van der Waals surface area contributed by atoms with Crippen molar-refractivity contribution in [1.82, 2.24) is 20.2 Å². The zero-order valence-electron chi connectivity index (χ0n) is 23.4. The maximum atomic E-state index is 16.9. The summed E-state index contributed by atoms with van der Waals surface area (Å²) in [6.45, 7) is 4.05. The van der Waals surface area contributed by atoms with E-state index in [0.29, 0.717) is 35.5 Å². The molecule has 12 heteroatoms. The van der Waals surface area contributed by atoms with Crippen LogP contribution in [0.25, 0.3) is 32.1 Å². The number of nitrogens with one attached hydrogen (secondary N) is 1. The molecule has 4 aromatic rings. The number of nitrogen functional groups attached to an aromatic ring is 1. The summed E-state index contributed by atoms with van der Waals surface area (Å²) in [7, 11) is 0. The van der Waals surface area contributed by atoms with Crippen LogP contribution in [-0.2, 0) is 0 Å². The van der Waals surface area contributed by atoms with E-state index in [4.69, 9.17) is 27.1 Å². The summed E-state index contributed by atoms with van der Waals surface area (Å²) < 4.78 is 38.2. The molecule has 4 fully saturated rings. The normalized spacial score (nSPS) is 22.9. The van der Waals surface area contributed by atoms with Crippen LogP contribution in [-0.4, -0.2) is 65.3 Å². The number of nitrogens with two attached hydrogens (primary N) is 1. The average Bonchev–Trinajstić information content (AvgIpc) is 3.75. The minimum absolute atomic E-state index is 0.0252. The Hall–Kier alpha value is -3.30. The number of hydrogen-bond donors (Lipinski definition) is 2. The number of anilines is 2. The number of aromatic nitrogens is 2. The molecule has 3 N–H and O–H groups in total. The zero-order chi connectivity index (χ0) is 29.5. The van der Waals surface area contributed by atoms with Crippen molar-refractivity contribution in [2.45, 2.75) is 56.1 Å². The van der Waals surface area contributed by atoms with Gasteiger partial charge in [0.2, 0.25) is 0 Å². The third kappa shape index (κ3) is 4.25. The maximum absolute atomic E-state index is 16.9. The quantitative estimate of drug-likeness (QED) is 0.286. The van der Waals surface area contributed by atoms with Crippen LogP contribution >= 0.6 is 22.9 Å². The topological polar surface area (TPSA) is 103 Å². The lowest BCUT2D eigenvalue weighted by Gasteiger charge is -2.35. The molecule has 2 atom stereocenters. The van der Waals surface area contributed by atoms with Crippen LogP contribution in [0, 0.1) is 23.0 Å². The highest BCUT2D eigenvalue weighted by Crippen LogP contribution is 2.46. The van der Waals surface area contributed by atoms with Crippen molar-refractivity contribution < 1.29 is 13.5 Å². The Bertz CT molecular complexity index is 1820. The van der Waals surface area contributed by atoms with Gasteiger partial charge in [-0.15, -0.1) is 11.3 Å². The Morgan fingerprint density at radius 3 is 2.63 bits per heavy atom. The summed E-state index contributed by atoms with van der Waals surface area (Å²) in [5.74, 6) is -0.605. The minimum Gasteiger partial charge on any atom is -0.461 e. The standard InChI is InChI=1S/C31H30ClF2N7OS/c32-21-11-19-26(25(34)24(21)18-5-6-22(33)27-23(18)20(12-35)28(36)43-27)38-30(42-15-31-7-1-9-41(31)10-2-8-31)39-29(19)40-13-16-3-4-17(14-40)37-16/h5-6,11,16-17,37H,1-4,7-10,13-15,36H2. The van der Waals surface area contributed by atoms with Gasteiger partial charge >= 0.3 is 6.01 Å². The summed E-state index contributed by atoms with van der Waals surface area (Å²) in [6, 6.07) is 7.24. The van der Waals surface area contributed by atoms with E-state index in [1.807, 2.05) is 0 Å². The van der Waals surface area contributed by atoms with Crippen LogP contribution in [0.3, 0.4) is 0 Å². The van der Waals surface area contributed by atoms with Gasteiger partial charge < -0.3 is 20.7 Å². The van der Waals surface area contributed by atoms with Crippen molar-refractivity contribution in [3.8, 4) is 23.2 Å². The number of ether oxygens (including phenoxy) is 1. The minimum atomic E-state index is -0.669. The predicted octanol–water partition coefficient (Wildman–Crippen LogP) is 5.84. The largest absolute Gasteiger partial charge is 0.461 e. The molecule has 0 radical (unpaired) electrons. The van der Waals surface area contributed by atoms with E-state index in [1.165, 1.54) is 12.1 Å². The van der Waals surface area contributed by atoms with Crippen LogP contribution in [0.15, 0.2) is 18.2 Å². The summed E-state index contributed by atoms with van der Waals surface area (Å²) in [5.41, 5.74) is 6.56. The fourth-order valence-corrected chi connectivity index (χ4v) is 9.09. The number of piperazine rings is 1. The molecule has 0 amide bonds. The zero-order valence-corrected chi connectivity index (χ0v) is 25.0. The molecule has 43 heavy (non-hydrogen) atoms. The van der Waals surface area contributed by atoms with Gasteiger partial charge in [-0.3, -0.25) is 4.90 Å². The van der Waals surface area contributed by atoms with Crippen molar-refractivity contribution in [2.75, 3.05) is 43.4 Å². The molecule has 222 valence electrons. The van der Waals surface area contributed by atoms with Gasteiger partial charge in [-0.05, 0) is 69.3 Å². The summed E-state index contributed by atoms with van der Waals surface area (Å²) in [6.07, 6.45) is 6.56. The van der Waals surface area contributed by atoms with Gasteiger partial charge in [0.15, 0.2) is 5.82 Å². The van der Waals surface area contributed by atoms with E-state index in [0.717, 1.165) is 76.0 Å². The molecule has 8 rings (SSSR count). The molecule has 2 bridgehead atoms. The van der Waals surface area contributed by atoms with Crippen LogP contribution in [0.2, 0.25) is 5.02 Å². The van der Waals surface area contributed by atoms with E-state index in [1.54, 1.807) is 6.07 Å². The Morgan fingerprint density at radius 2 is 1.91 bits per heavy atom. The molecule has 0 spiro atoms. The number of nitriles is 1. The summed E-state index contributed by atoms with van der Waals surface area (Å²) >= 11 is 7.81. The van der Waals surface area contributed by atoms with Crippen molar-refractivity contribution in [3.63, 3.8) is 0 Å². The van der Waals surface area contributed by atoms with E-state index in [9.17, 15) is 9.65 Å². The van der Waals surface area contributed by atoms with Gasteiger partial charge in [-0.2, -0.15) is 15.2 Å². The molecule has 2 unspecified atom stereocenters. The molecular weight excluding hydrogens is 592 g/mol. The third-order valence-electron chi connectivity index (χ3n) is 9.84. The summed E-state index contributed by atoms with van der Waals surface area (Å²) in [4.78, 5) is 14.2. The molecule has 0 saturated carbocycles. The van der Waals surface area contributed by atoms with Gasteiger partial charge in [0.25, 0.3) is 0 Å². The van der Waals surface area contributed by atoms with Crippen molar-refractivity contribution in [1.29, 1.82) is 5.26 Å². The van der Waals surface area contributed by atoms with Gasteiger partial charge in [0.05, 0.1) is 20.8 Å². The first-order valence-electron chi connectivity index (χ1n) is 14.8. The van der Waals surface area contributed by atoms with Crippen molar-refractivity contribution in [3.05, 3.63) is 40.4 Å². The van der Waals surface area contributed by atoms with Crippen LogP contribution < -0.4 is 20.7 Å². The summed E-state index contributed by atoms with van der Waals surface area (Å²) in [5, 5.41) is 14.5. The molecule has 2 aromatic heterocycles. The fraction of sp³-hybridized carbons (Fsp3) is 0.452. The van der Waals surface area contributed by atoms with Crippen LogP contribution in [0.4, 0.5) is 19.6 Å². The number of nitrogens with zero attached hydrogens (tertiary/aromatic N) is 5. The molecular formula is C31H30ClF2N7OS. The monoisotopic (exact) mass is 621 g/mol. The van der Waals surface area contributed by atoms with Gasteiger partial charge in [0, 0.05) is 41.5 Å².